The van der Waals surface area contributed by atoms with Crippen molar-refractivity contribution < 1.29 is 24.9 Å². The number of unbranched alkanes of at least 4 members (excludes halogenated alkanes) is 3. The van der Waals surface area contributed by atoms with E-state index in [0.29, 0.717) is 12.8 Å². The summed E-state index contributed by atoms with van der Waals surface area (Å²) >= 11 is 1.26. The van der Waals surface area contributed by atoms with E-state index >= 15 is 0 Å². The molecule has 0 spiro atoms. The summed E-state index contributed by atoms with van der Waals surface area (Å²) in [6.45, 7) is 2.19. The molecule has 0 rings (SSSR count). The standard InChI is InChI=1S/C23H37NO5S/c1-2-3-4-5-6-7-8-9-10-11-12-13-16-21(30-18-19(24)23(28)29)20(25)15-14-17-22(26)27/h6-7,9-13,16,19-21,25H,2-5,8,14-15,17-18,24H2,1H3,(H,26,27)(H,28,29)/b7-6-,10-9-,12-11+,16-13+. The maximum atomic E-state index is 10.9. The van der Waals surface area contributed by atoms with Crippen molar-refractivity contribution in [1.82, 2.24) is 0 Å². The van der Waals surface area contributed by atoms with Gasteiger partial charge in [-0.15, -0.1) is 11.8 Å². The van der Waals surface area contributed by atoms with Gasteiger partial charge in [-0.05, 0) is 32.1 Å². The molecule has 170 valence electrons. The molecule has 0 radical (unpaired) electrons. The third-order valence-corrected chi connectivity index (χ3v) is 5.65. The summed E-state index contributed by atoms with van der Waals surface area (Å²) in [6, 6.07) is -1.01. The number of carbonyl (C=O) groups is 2. The molecular formula is C23H37NO5S. The van der Waals surface area contributed by atoms with E-state index in [1.807, 2.05) is 18.2 Å². The molecule has 0 saturated heterocycles. The van der Waals surface area contributed by atoms with E-state index in [1.54, 1.807) is 12.2 Å². The van der Waals surface area contributed by atoms with E-state index < -0.39 is 24.1 Å². The monoisotopic (exact) mass is 439 g/mol. The second kappa shape index (κ2) is 19.2. The third-order valence-electron chi connectivity index (χ3n) is 4.24. The quantitative estimate of drug-likeness (QED) is 0.143. The van der Waals surface area contributed by atoms with Crippen LogP contribution in [0.15, 0.2) is 48.6 Å². The molecule has 30 heavy (non-hydrogen) atoms. The molecule has 0 amide bonds. The van der Waals surface area contributed by atoms with Gasteiger partial charge in [0.25, 0.3) is 0 Å². The van der Waals surface area contributed by atoms with Gasteiger partial charge in [-0.1, -0.05) is 68.4 Å². The highest BCUT2D eigenvalue weighted by Gasteiger charge is 2.20. The first-order chi connectivity index (χ1) is 14.4. The Bertz CT molecular complexity index is 586. The van der Waals surface area contributed by atoms with Gasteiger partial charge in [0.15, 0.2) is 0 Å². The maximum Gasteiger partial charge on any atom is 0.321 e. The lowest BCUT2D eigenvalue weighted by Crippen LogP contribution is -2.34. The predicted octanol–water partition coefficient (Wildman–Crippen LogP) is 4.31. The fraction of sp³-hybridized carbons (Fsp3) is 0.565. The number of allylic oxidation sites excluding steroid dienone is 7. The molecular weight excluding hydrogens is 402 g/mol. The third kappa shape index (κ3) is 17.1. The second-order valence-electron chi connectivity index (χ2n) is 7.00. The largest absolute Gasteiger partial charge is 0.481 e. The van der Waals surface area contributed by atoms with Crippen LogP contribution in [-0.4, -0.2) is 50.4 Å². The first-order valence-electron chi connectivity index (χ1n) is 10.5. The Balaban J connectivity index is 4.51. The van der Waals surface area contributed by atoms with Crippen LogP contribution in [0.4, 0.5) is 0 Å². The van der Waals surface area contributed by atoms with Crippen molar-refractivity contribution in [2.24, 2.45) is 5.73 Å². The van der Waals surface area contributed by atoms with Crippen LogP contribution in [0.1, 0.15) is 58.3 Å². The summed E-state index contributed by atoms with van der Waals surface area (Å²) < 4.78 is 0. The number of aliphatic carboxylic acids is 2. The number of thioether (sulfide) groups is 1. The Kier molecular flexibility index (Phi) is 18.0. The summed E-state index contributed by atoms with van der Waals surface area (Å²) in [7, 11) is 0. The first kappa shape index (κ1) is 28.2. The molecule has 0 aliphatic carbocycles. The van der Waals surface area contributed by atoms with Gasteiger partial charge in [0.1, 0.15) is 6.04 Å². The van der Waals surface area contributed by atoms with E-state index in [-0.39, 0.29) is 17.4 Å². The zero-order chi connectivity index (χ0) is 22.6. The van der Waals surface area contributed by atoms with Crippen molar-refractivity contribution in [2.75, 3.05) is 5.75 Å². The van der Waals surface area contributed by atoms with Gasteiger partial charge in [-0.3, -0.25) is 9.59 Å². The van der Waals surface area contributed by atoms with Crippen LogP contribution in [0.2, 0.25) is 0 Å². The first-order valence-corrected chi connectivity index (χ1v) is 11.6. The highest BCUT2D eigenvalue weighted by Crippen LogP contribution is 2.21. The summed E-state index contributed by atoms with van der Waals surface area (Å²) in [4.78, 5) is 21.5. The van der Waals surface area contributed by atoms with E-state index in [0.717, 1.165) is 12.8 Å². The molecule has 0 heterocycles. The molecule has 0 aromatic heterocycles. The van der Waals surface area contributed by atoms with Gasteiger partial charge >= 0.3 is 11.9 Å². The van der Waals surface area contributed by atoms with E-state index in [1.165, 1.54) is 31.0 Å². The number of hydrogen-bond donors (Lipinski definition) is 4. The van der Waals surface area contributed by atoms with Crippen molar-refractivity contribution >= 4 is 23.7 Å². The van der Waals surface area contributed by atoms with Gasteiger partial charge < -0.3 is 21.1 Å². The fourth-order valence-corrected chi connectivity index (χ4v) is 3.60. The lowest BCUT2D eigenvalue weighted by atomic mass is 10.1. The minimum absolute atomic E-state index is 0.00938. The molecule has 0 aromatic carbocycles. The van der Waals surface area contributed by atoms with Gasteiger partial charge in [0.2, 0.25) is 0 Å². The maximum absolute atomic E-state index is 10.9. The van der Waals surface area contributed by atoms with Gasteiger partial charge in [-0.2, -0.15) is 0 Å². The summed E-state index contributed by atoms with van der Waals surface area (Å²) in [5.74, 6) is -1.83. The van der Waals surface area contributed by atoms with E-state index in [2.05, 4.69) is 25.2 Å². The van der Waals surface area contributed by atoms with Crippen LogP contribution in [0, 0.1) is 0 Å². The van der Waals surface area contributed by atoms with Crippen molar-refractivity contribution in [3.63, 3.8) is 0 Å². The van der Waals surface area contributed by atoms with Crippen molar-refractivity contribution in [3.05, 3.63) is 48.6 Å². The highest BCUT2D eigenvalue weighted by molar-refractivity contribution is 8.00. The van der Waals surface area contributed by atoms with Gasteiger partial charge in [0, 0.05) is 17.4 Å². The van der Waals surface area contributed by atoms with Crippen molar-refractivity contribution in [3.8, 4) is 0 Å². The molecule has 5 N–H and O–H groups in total. The number of hydrogen-bond acceptors (Lipinski definition) is 5. The number of carboxylic acids is 2. The number of rotatable bonds is 18. The molecule has 3 unspecified atom stereocenters. The zero-order valence-electron chi connectivity index (χ0n) is 17.9. The van der Waals surface area contributed by atoms with Crippen LogP contribution in [0.25, 0.3) is 0 Å². The highest BCUT2D eigenvalue weighted by atomic mass is 32.2. The van der Waals surface area contributed by atoms with E-state index in [4.69, 9.17) is 15.9 Å². The number of carboxylic acid groups (broad SMARTS) is 2. The van der Waals surface area contributed by atoms with E-state index in [9.17, 15) is 14.7 Å². The predicted molar refractivity (Wildman–Crippen MR) is 125 cm³/mol. The Morgan fingerprint density at radius 2 is 1.73 bits per heavy atom. The second-order valence-corrected chi connectivity index (χ2v) is 8.21. The summed E-state index contributed by atoms with van der Waals surface area (Å²) in [5, 5.41) is 27.6. The minimum atomic E-state index is -1.09. The lowest BCUT2D eigenvalue weighted by Gasteiger charge is -2.20. The Hall–Kier alpha value is -1.83. The van der Waals surface area contributed by atoms with Gasteiger partial charge in [-0.25, -0.2) is 0 Å². The lowest BCUT2D eigenvalue weighted by molar-refractivity contribution is -0.138. The summed E-state index contributed by atoms with van der Waals surface area (Å²) in [5.41, 5.74) is 5.54. The molecule has 0 aliphatic heterocycles. The Morgan fingerprint density at radius 3 is 2.40 bits per heavy atom. The molecule has 0 aromatic rings. The molecule has 0 aliphatic rings. The molecule has 0 saturated carbocycles. The number of aliphatic hydroxyl groups excluding tert-OH is 1. The molecule has 6 nitrogen and oxygen atoms in total. The average molecular weight is 440 g/mol. The SMILES string of the molecule is CCCCC/C=C\C\C=C/C=C/C=C/C(SCC(N)C(=O)O)C(O)CCCC(=O)O. The van der Waals surface area contributed by atoms with Crippen LogP contribution in [0.5, 0.6) is 0 Å². The Morgan fingerprint density at radius 1 is 1.00 bits per heavy atom. The van der Waals surface area contributed by atoms with Crippen LogP contribution in [0.3, 0.4) is 0 Å². The molecule has 0 bridgehead atoms. The van der Waals surface area contributed by atoms with Crippen molar-refractivity contribution in [2.45, 2.75) is 75.7 Å². The minimum Gasteiger partial charge on any atom is -0.481 e. The summed E-state index contributed by atoms with van der Waals surface area (Å²) in [6.07, 6.45) is 21.3. The molecule has 0 fully saturated rings. The average Bonchev–Trinajstić information content (AvgIpc) is 2.70. The van der Waals surface area contributed by atoms with Crippen LogP contribution in [-0.2, 0) is 9.59 Å². The Labute approximate surface area is 184 Å². The topological polar surface area (TPSA) is 121 Å². The smallest absolute Gasteiger partial charge is 0.321 e. The molecule has 3 atom stereocenters. The normalized spacial score (nSPS) is 15.4. The van der Waals surface area contributed by atoms with Gasteiger partial charge in [0.05, 0.1) is 6.10 Å². The number of nitrogens with two attached hydrogens (primary N) is 1. The zero-order valence-corrected chi connectivity index (χ0v) is 18.7. The van der Waals surface area contributed by atoms with Crippen LogP contribution >= 0.6 is 11.8 Å². The van der Waals surface area contributed by atoms with Crippen LogP contribution < -0.4 is 5.73 Å². The van der Waals surface area contributed by atoms with Crippen molar-refractivity contribution in [1.29, 1.82) is 0 Å². The number of aliphatic hydroxyl groups is 1. The fourth-order valence-electron chi connectivity index (χ4n) is 2.47. The molecule has 7 heteroatoms.